The number of benzene rings is 1. The summed E-state index contributed by atoms with van der Waals surface area (Å²) in [6, 6.07) is 5.60. The lowest BCUT2D eigenvalue weighted by Crippen LogP contribution is -2.18. The van der Waals surface area contributed by atoms with E-state index >= 15 is 0 Å². The molecule has 2 rings (SSSR count). The highest BCUT2D eigenvalue weighted by Crippen LogP contribution is 2.24. The summed E-state index contributed by atoms with van der Waals surface area (Å²) >= 11 is 11.3. The topological polar surface area (TPSA) is 54.9 Å². The molecule has 0 aliphatic rings. The number of hydrogen-bond acceptors (Lipinski definition) is 4. The van der Waals surface area contributed by atoms with Crippen molar-refractivity contribution in [2.75, 3.05) is 5.43 Å². The van der Waals surface area contributed by atoms with Gasteiger partial charge in [0.15, 0.2) is 5.82 Å². The largest absolute Gasteiger partial charge is 0.491 e. The van der Waals surface area contributed by atoms with Crippen molar-refractivity contribution in [3.63, 3.8) is 0 Å². The molecule has 1 aromatic carbocycles. The fourth-order valence-corrected chi connectivity index (χ4v) is 2.36. The van der Waals surface area contributed by atoms with Crippen LogP contribution in [-0.2, 0) is 13.0 Å². The van der Waals surface area contributed by atoms with Crippen LogP contribution in [0.5, 0.6) is 5.75 Å². The minimum Gasteiger partial charge on any atom is -0.491 e. The molecule has 0 aliphatic carbocycles. The molecule has 0 unspecified atom stereocenters. The van der Waals surface area contributed by atoms with Crippen molar-refractivity contribution in [1.29, 1.82) is 0 Å². The van der Waals surface area contributed by atoms with Gasteiger partial charge < -0.3 is 10.2 Å². The van der Waals surface area contributed by atoms with Crippen LogP contribution < -0.4 is 10.2 Å². The van der Waals surface area contributed by atoms with Crippen molar-refractivity contribution < 1.29 is 4.74 Å². The normalized spacial score (nSPS) is 10.9. The summed E-state index contributed by atoms with van der Waals surface area (Å²) in [6.45, 7) is 6.56. The number of hydrogen-bond donors (Lipinski definition) is 2. The Bertz CT molecular complexity index is 665. The van der Waals surface area contributed by atoms with Gasteiger partial charge in [-0.3, -0.25) is 5.10 Å². The third-order valence-electron chi connectivity index (χ3n) is 2.87. The fourth-order valence-electron chi connectivity index (χ4n) is 1.95. The van der Waals surface area contributed by atoms with E-state index in [1.54, 1.807) is 4.68 Å². The minimum absolute atomic E-state index is 0.104. The molecule has 21 heavy (non-hydrogen) atoms. The smallest absolute Gasteiger partial charge is 0.214 e. The maximum Gasteiger partial charge on any atom is 0.214 e. The molecule has 114 valence electrons. The first-order valence-corrected chi connectivity index (χ1v) is 7.65. The van der Waals surface area contributed by atoms with Crippen molar-refractivity contribution in [1.82, 2.24) is 14.9 Å². The molecule has 0 atom stereocenters. The molecule has 2 aromatic rings. The highest BCUT2D eigenvalue weighted by molar-refractivity contribution is 7.71. The number of nitrogens with one attached hydrogen (secondary N) is 2. The second-order valence-corrected chi connectivity index (χ2v) is 5.71. The fraction of sp³-hybridized carbons (Fsp3) is 0.429. The summed E-state index contributed by atoms with van der Waals surface area (Å²) in [6.07, 6.45) is 0.887. The van der Waals surface area contributed by atoms with Gasteiger partial charge in [-0.2, -0.15) is 5.10 Å². The Kier molecular flexibility index (Phi) is 5.25. The molecule has 0 saturated heterocycles. The van der Waals surface area contributed by atoms with Crippen LogP contribution in [0.3, 0.4) is 0 Å². The Morgan fingerprint density at radius 1 is 1.48 bits per heavy atom. The summed E-state index contributed by atoms with van der Waals surface area (Å²) in [4.78, 5) is 0. The van der Waals surface area contributed by atoms with Crippen LogP contribution >= 0.6 is 23.8 Å². The minimum atomic E-state index is 0.104. The van der Waals surface area contributed by atoms with Crippen LogP contribution in [0.15, 0.2) is 18.2 Å². The van der Waals surface area contributed by atoms with Gasteiger partial charge in [-0.15, -0.1) is 0 Å². The molecular weight excluding hydrogens is 308 g/mol. The van der Waals surface area contributed by atoms with Gasteiger partial charge in [0.2, 0.25) is 4.77 Å². The second kappa shape index (κ2) is 6.95. The summed E-state index contributed by atoms with van der Waals surface area (Å²) < 4.78 is 8.11. The van der Waals surface area contributed by atoms with Crippen molar-refractivity contribution in [2.24, 2.45) is 0 Å². The number of rotatable bonds is 6. The van der Waals surface area contributed by atoms with E-state index in [0.717, 1.165) is 23.6 Å². The van der Waals surface area contributed by atoms with Gasteiger partial charge in [-0.1, -0.05) is 18.5 Å². The SMILES string of the molecule is CCc1n[nH]c(=S)n1NCc1cc(Cl)ccc1OC(C)C. The molecule has 0 bridgehead atoms. The maximum absolute atomic E-state index is 6.07. The van der Waals surface area contributed by atoms with Gasteiger partial charge >= 0.3 is 0 Å². The molecule has 1 aromatic heterocycles. The molecule has 0 fully saturated rings. The van der Waals surface area contributed by atoms with E-state index in [1.807, 2.05) is 39.0 Å². The first-order chi connectivity index (χ1) is 10.0. The number of ether oxygens (including phenoxy) is 1. The second-order valence-electron chi connectivity index (χ2n) is 4.89. The number of aromatic amines is 1. The predicted molar refractivity (Wildman–Crippen MR) is 87.1 cm³/mol. The monoisotopic (exact) mass is 326 g/mol. The molecule has 0 aliphatic heterocycles. The van der Waals surface area contributed by atoms with E-state index in [0.29, 0.717) is 16.3 Å². The summed E-state index contributed by atoms with van der Waals surface area (Å²) in [5, 5.41) is 7.61. The van der Waals surface area contributed by atoms with Crippen LogP contribution in [0.2, 0.25) is 5.02 Å². The number of halogens is 1. The molecule has 0 amide bonds. The Morgan fingerprint density at radius 3 is 2.90 bits per heavy atom. The standard InChI is InChI=1S/C14H19ClN4OS/c1-4-13-17-18-14(21)19(13)16-8-10-7-11(15)5-6-12(10)20-9(2)3/h5-7,9,16H,4,8H2,1-3H3,(H,18,21). The Hall–Kier alpha value is -1.53. The van der Waals surface area contributed by atoms with Gasteiger partial charge in [0.05, 0.1) is 12.6 Å². The number of H-pyrrole nitrogens is 1. The summed E-state index contributed by atoms with van der Waals surface area (Å²) in [7, 11) is 0. The lowest BCUT2D eigenvalue weighted by Gasteiger charge is -2.16. The predicted octanol–water partition coefficient (Wildman–Crippen LogP) is 3.69. The van der Waals surface area contributed by atoms with Gasteiger partial charge in [0.25, 0.3) is 0 Å². The summed E-state index contributed by atoms with van der Waals surface area (Å²) in [5.74, 6) is 1.67. The number of nitrogens with zero attached hydrogens (tertiary/aromatic N) is 2. The third kappa shape index (κ3) is 3.98. The lowest BCUT2D eigenvalue weighted by atomic mass is 10.2. The molecular formula is C14H19ClN4OS. The first kappa shape index (κ1) is 15.9. The van der Waals surface area contributed by atoms with Crippen LogP contribution in [0.4, 0.5) is 0 Å². The van der Waals surface area contributed by atoms with Crippen molar-refractivity contribution in [3.05, 3.63) is 39.4 Å². The maximum atomic E-state index is 6.07. The number of aromatic nitrogens is 3. The average Bonchev–Trinajstić information content (AvgIpc) is 2.79. The van der Waals surface area contributed by atoms with E-state index in [2.05, 4.69) is 15.6 Å². The van der Waals surface area contributed by atoms with Crippen molar-refractivity contribution >= 4 is 23.8 Å². The lowest BCUT2D eigenvalue weighted by molar-refractivity contribution is 0.240. The summed E-state index contributed by atoms with van der Waals surface area (Å²) in [5.41, 5.74) is 4.22. The molecule has 0 saturated carbocycles. The molecule has 0 radical (unpaired) electrons. The zero-order valence-electron chi connectivity index (χ0n) is 12.3. The quantitative estimate of drug-likeness (QED) is 0.795. The van der Waals surface area contributed by atoms with Gasteiger partial charge in [-0.25, -0.2) is 4.68 Å². The van der Waals surface area contributed by atoms with E-state index in [1.165, 1.54) is 0 Å². The van der Waals surface area contributed by atoms with Crippen molar-refractivity contribution in [3.8, 4) is 5.75 Å². The van der Waals surface area contributed by atoms with E-state index in [4.69, 9.17) is 28.6 Å². The van der Waals surface area contributed by atoms with E-state index < -0.39 is 0 Å². The highest BCUT2D eigenvalue weighted by Gasteiger charge is 2.09. The molecule has 7 heteroatoms. The molecule has 1 heterocycles. The van der Waals surface area contributed by atoms with Crippen LogP contribution in [-0.4, -0.2) is 21.0 Å². The average molecular weight is 327 g/mol. The van der Waals surface area contributed by atoms with Crippen LogP contribution in [0.25, 0.3) is 0 Å². The van der Waals surface area contributed by atoms with E-state index in [-0.39, 0.29) is 6.10 Å². The molecule has 2 N–H and O–H groups in total. The van der Waals surface area contributed by atoms with Gasteiger partial charge in [0.1, 0.15) is 5.75 Å². The van der Waals surface area contributed by atoms with Gasteiger partial charge in [0, 0.05) is 17.0 Å². The third-order valence-corrected chi connectivity index (χ3v) is 3.38. The zero-order valence-corrected chi connectivity index (χ0v) is 13.9. The molecule has 0 spiro atoms. The van der Waals surface area contributed by atoms with Crippen LogP contribution in [0.1, 0.15) is 32.2 Å². The Morgan fingerprint density at radius 2 is 2.24 bits per heavy atom. The van der Waals surface area contributed by atoms with E-state index in [9.17, 15) is 0 Å². The Labute approximate surface area is 134 Å². The van der Waals surface area contributed by atoms with Crippen LogP contribution in [0, 0.1) is 4.77 Å². The Balaban J connectivity index is 2.21. The highest BCUT2D eigenvalue weighted by atomic mass is 35.5. The molecule has 5 nitrogen and oxygen atoms in total. The zero-order chi connectivity index (χ0) is 15.4. The van der Waals surface area contributed by atoms with Crippen molar-refractivity contribution in [2.45, 2.75) is 39.8 Å². The first-order valence-electron chi connectivity index (χ1n) is 6.86. The number of aryl methyl sites for hydroxylation is 1. The van der Waals surface area contributed by atoms with Gasteiger partial charge in [-0.05, 0) is 44.3 Å².